The maximum atomic E-state index is 5.88. The summed E-state index contributed by atoms with van der Waals surface area (Å²) < 4.78 is 5.79. The Morgan fingerprint density at radius 3 is 2.77 bits per heavy atom. The van der Waals surface area contributed by atoms with Gasteiger partial charge in [-0.1, -0.05) is 17.8 Å². The van der Waals surface area contributed by atoms with Crippen LogP contribution in [0.4, 0.5) is 5.82 Å². The largest absolute Gasteiger partial charge is 0.451 e. The third kappa shape index (κ3) is 3.32. The Bertz CT molecular complexity index is 782. The lowest BCUT2D eigenvalue weighted by Gasteiger charge is -2.10. The van der Waals surface area contributed by atoms with Gasteiger partial charge in [0, 0.05) is 29.4 Å². The first kappa shape index (κ1) is 14.3. The topological polar surface area (TPSA) is 86.8 Å². The molecule has 0 aliphatic carbocycles. The van der Waals surface area contributed by atoms with Crippen LogP contribution in [0.2, 0.25) is 0 Å². The highest BCUT2D eigenvalue weighted by molar-refractivity contribution is 7.99. The molecule has 0 aliphatic rings. The molecule has 22 heavy (non-hydrogen) atoms. The highest BCUT2D eigenvalue weighted by atomic mass is 32.2. The van der Waals surface area contributed by atoms with Crippen LogP contribution in [0.3, 0.4) is 0 Å². The van der Waals surface area contributed by atoms with E-state index >= 15 is 0 Å². The van der Waals surface area contributed by atoms with E-state index < -0.39 is 0 Å². The zero-order valence-corrected chi connectivity index (χ0v) is 12.6. The Balaban J connectivity index is 1.86. The number of anilines is 1. The second kappa shape index (κ2) is 6.40. The van der Waals surface area contributed by atoms with Gasteiger partial charge >= 0.3 is 0 Å². The van der Waals surface area contributed by atoms with Crippen molar-refractivity contribution in [2.24, 2.45) is 0 Å². The molecule has 0 radical (unpaired) electrons. The summed E-state index contributed by atoms with van der Waals surface area (Å²) in [5, 5.41) is 8.61. The summed E-state index contributed by atoms with van der Waals surface area (Å²) in [6.45, 7) is 1.82. The van der Waals surface area contributed by atoms with E-state index in [4.69, 9.17) is 10.5 Å². The van der Waals surface area contributed by atoms with Crippen molar-refractivity contribution >= 4 is 17.6 Å². The molecule has 0 unspecified atom stereocenters. The van der Waals surface area contributed by atoms with Crippen LogP contribution in [0.15, 0.2) is 58.8 Å². The number of ether oxygens (including phenoxy) is 1. The number of hydrogen-bond donors (Lipinski definition) is 1. The Hall–Kier alpha value is -2.67. The van der Waals surface area contributed by atoms with Gasteiger partial charge in [0.1, 0.15) is 10.7 Å². The first-order valence-corrected chi connectivity index (χ1v) is 7.34. The maximum Gasteiger partial charge on any atom is 0.170 e. The van der Waals surface area contributed by atoms with Crippen molar-refractivity contribution in [3.63, 3.8) is 0 Å². The first-order chi connectivity index (χ1) is 10.7. The summed E-state index contributed by atoms with van der Waals surface area (Å²) in [5.41, 5.74) is 6.57. The number of nitrogens with two attached hydrogens (primary N) is 1. The number of pyridine rings is 2. The van der Waals surface area contributed by atoms with Crippen LogP contribution >= 0.6 is 11.8 Å². The van der Waals surface area contributed by atoms with Crippen LogP contribution in [0.5, 0.6) is 11.5 Å². The highest BCUT2D eigenvalue weighted by Gasteiger charge is 2.09. The predicted molar refractivity (Wildman–Crippen MR) is 83.9 cm³/mol. The van der Waals surface area contributed by atoms with Gasteiger partial charge in [0.05, 0.1) is 6.20 Å². The zero-order valence-electron chi connectivity index (χ0n) is 11.8. The average molecular weight is 311 g/mol. The molecule has 3 aromatic heterocycles. The molecule has 0 saturated carbocycles. The number of hydrogen-bond acceptors (Lipinski definition) is 7. The molecule has 3 aromatic rings. The van der Waals surface area contributed by atoms with Gasteiger partial charge in [-0.15, -0.1) is 0 Å². The molecule has 0 fully saturated rings. The van der Waals surface area contributed by atoms with E-state index in [0.717, 1.165) is 9.92 Å². The van der Waals surface area contributed by atoms with E-state index in [0.29, 0.717) is 23.0 Å². The number of nitrogens with zero attached hydrogens (tertiary/aromatic N) is 4. The summed E-state index contributed by atoms with van der Waals surface area (Å²) in [4.78, 5) is 9.33. The van der Waals surface area contributed by atoms with Gasteiger partial charge in [-0.05, 0) is 19.1 Å². The van der Waals surface area contributed by atoms with Crippen LogP contribution in [-0.4, -0.2) is 20.2 Å². The summed E-state index contributed by atoms with van der Waals surface area (Å²) >= 11 is 1.49. The summed E-state index contributed by atoms with van der Waals surface area (Å²) in [6.07, 6.45) is 5.01. The van der Waals surface area contributed by atoms with E-state index in [2.05, 4.69) is 20.2 Å². The van der Waals surface area contributed by atoms with Crippen LogP contribution in [0, 0.1) is 6.92 Å². The summed E-state index contributed by atoms with van der Waals surface area (Å²) in [5.74, 6) is 1.40. The summed E-state index contributed by atoms with van der Waals surface area (Å²) in [6, 6.07) is 9.31. The van der Waals surface area contributed by atoms with Crippen molar-refractivity contribution in [2.45, 2.75) is 16.8 Å². The molecule has 6 nitrogen and oxygen atoms in total. The fourth-order valence-corrected chi connectivity index (χ4v) is 2.49. The molecule has 0 amide bonds. The SMILES string of the molecule is Cc1nnccc1Oc1cc(Sc2ccccn2)cnc1N. The fourth-order valence-electron chi connectivity index (χ4n) is 1.72. The molecule has 0 saturated heterocycles. The van der Waals surface area contributed by atoms with E-state index in [-0.39, 0.29) is 0 Å². The lowest BCUT2D eigenvalue weighted by atomic mass is 10.3. The van der Waals surface area contributed by atoms with Gasteiger partial charge in [-0.25, -0.2) is 9.97 Å². The number of aryl methyl sites for hydroxylation is 1. The number of rotatable bonds is 4. The molecular formula is C15H13N5OS. The van der Waals surface area contributed by atoms with E-state index in [1.54, 1.807) is 24.7 Å². The van der Waals surface area contributed by atoms with E-state index in [9.17, 15) is 0 Å². The maximum absolute atomic E-state index is 5.88. The van der Waals surface area contributed by atoms with Crippen molar-refractivity contribution in [3.05, 3.63) is 54.6 Å². The molecule has 3 heterocycles. The quantitative estimate of drug-likeness (QED) is 0.792. The first-order valence-electron chi connectivity index (χ1n) is 6.53. The van der Waals surface area contributed by atoms with Gasteiger partial charge in [-0.2, -0.15) is 10.2 Å². The molecule has 110 valence electrons. The third-order valence-corrected chi connectivity index (χ3v) is 3.70. The Kier molecular flexibility index (Phi) is 4.15. The lowest BCUT2D eigenvalue weighted by molar-refractivity contribution is 0.472. The van der Waals surface area contributed by atoms with E-state index in [1.165, 1.54) is 11.8 Å². The Labute approximate surface area is 131 Å². The predicted octanol–water partition coefficient (Wildman–Crippen LogP) is 3.10. The standard InChI is InChI=1S/C15H13N5OS/c1-10-12(5-7-19-20-10)21-13-8-11(9-18-15(13)16)22-14-4-2-3-6-17-14/h2-9H,1H3,(H2,16,18). The molecule has 0 spiro atoms. The fraction of sp³-hybridized carbons (Fsp3) is 0.0667. The minimum absolute atomic E-state index is 0.321. The van der Waals surface area contributed by atoms with Gasteiger partial charge in [-0.3, -0.25) is 0 Å². The second-order valence-corrected chi connectivity index (χ2v) is 5.50. The lowest BCUT2D eigenvalue weighted by Crippen LogP contribution is -1.98. The van der Waals surface area contributed by atoms with E-state index in [1.807, 2.05) is 31.2 Å². The minimum Gasteiger partial charge on any atom is -0.451 e. The normalized spacial score (nSPS) is 10.4. The van der Waals surface area contributed by atoms with Gasteiger partial charge in [0.15, 0.2) is 17.3 Å². The van der Waals surface area contributed by atoms with Crippen molar-refractivity contribution in [2.75, 3.05) is 5.73 Å². The van der Waals surface area contributed by atoms with Crippen LogP contribution in [0.1, 0.15) is 5.69 Å². The van der Waals surface area contributed by atoms with Crippen LogP contribution < -0.4 is 10.5 Å². The van der Waals surface area contributed by atoms with Crippen LogP contribution in [-0.2, 0) is 0 Å². The average Bonchev–Trinajstić information content (AvgIpc) is 2.54. The smallest absolute Gasteiger partial charge is 0.170 e. The molecule has 0 aromatic carbocycles. The minimum atomic E-state index is 0.321. The summed E-state index contributed by atoms with van der Waals surface area (Å²) in [7, 11) is 0. The second-order valence-electron chi connectivity index (χ2n) is 4.41. The van der Waals surface area contributed by atoms with Crippen molar-refractivity contribution in [3.8, 4) is 11.5 Å². The molecule has 3 rings (SSSR count). The molecule has 0 aliphatic heterocycles. The Morgan fingerprint density at radius 2 is 2.00 bits per heavy atom. The monoisotopic (exact) mass is 311 g/mol. The molecule has 0 atom stereocenters. The molecule has 0 bridgehead atoms. The number of nitrogen functional groups attached to an aromatic ring is 1. The Morgan fingerprint density at radius 1 is 1.09 bits per heavy atom. The molecule has 2 N–H and O–H groups in total. The van der Waals surface area contributed by atoms with Gasteiger partial charge in [0.2, 0.25) is 0 Å². The van der Waals surface area contributed by atoms with Crippen molar-refractivity contribution < 1.29 is 4.74 Å². The van der Waals surface area contributed by atoms with Crippen molar-refractivity contribution in [1.82, 2.24) is 20.2 Å². The molecular weight excluding hydrogens is 298 g/mol. The van der Waals surface area contributed by atoms with Crippen LogP contribution in [0.25, 0.3) is 0 Å². The van der Waals surface area contributed by atoms with Crippen molar-refractivity contribution in [1.29, 1.82) is 0 Å². The highest BCUT2D eigenvalue weighted by Crippen LogP contribution is 2.33. The van der Waals surface area contributed by atoms with Gasteiger partial charge in [0.25, 0.3) is 0 Å². The number of aromatic nitrogens is 4. The molecule has 7 heteroatoms. The third-order valence-electron chi connectivity index (χ3n) is 2.79. The van der Waals surface area contributed by atoms with Gasteiger partial charge < -0.3 is 10.5 Å². The zero-order chi connectivity index (χ0) is 15.4.